The van der Waals surface area contributed by atoms with Gasteiger partial charge in [0.1, 0.15) is 0 Å². The van der Waals surface area contributed by atoms with Gasteiger partial charge in [-0.2, -0.15) is 0 Å². The molecule has 124 valence electrons. The van der Waals surface area contributed by atoms with Gasteiger partial charge in [0.2, 0.25) is 0 Å². The number of amides is 1. The van der Waals surface area contributed by atoms with Crippen molar-refractivity contribution >= 4 is 47.1 Å². The lowest BCUT2D eigenvalue weighted by molar-refractivity contribution is 0.0959. The van der Waals surface area contributed by atoms with Crippen LogP contribution in [-0.2, 0) is 8.87 Å². The Balaban J connectivity index is 2.10. The lowest BCUT2D eigenvalue weighted by Gasteiger charge is -2.11. The number of hydrogen-bond acceptors (Lipinski definition) is 4. The minimum absolute atomic E-state index is 0.174. The molecule has 1 amide bonds. The van der Waals surface area contributed by atoms with E-state index in [2.05, 4.69) is 5.32 Å². The summed E-state index contributed by atoms with van der Waals surface area (Å²) in [5.41, 5.74) is -2.69. The van der Waals surface area contributed by atoms with Crippen molar-refractivity contribution < 1.29 is 18.7 Å². The van der Waals surface area contributed by atoms with Gasteiger partial charge in [0.25, 0.3) is 5.91 Å². The van der Waals surface area contributed by atoms with E-state index < -0.39 is 27.0 Å². The molecule has 24 heavy (non-hydrogen) atoms. The van der Waals surface area contributed by atoms with E-state index >= 15 is 0 Å². The first-order valence-electron chi connectivity index (χ1n) is 9.05. The largest absolute Gasteiger partial charge is 0.351 e. The van der Waals surface area contributed by atoms with E-state index in [1.54, 1.807) is 24.3 Å². The number of benzene rings is 3. The van der Waals surface area contributed by atoms with Crippen LogP contribution in [0.1, 0.15) is 15.8 Å². The maximum absolute atomic E-state index is 13.0. The van der Waals surface area contributed by atoms with Gasteiger partial charge in [-0.05, 0) is 38.4 Å². The Bertz CT molecular complexity index is 1130. The van der Waals surface area contributed by atoms with E-state index in [0.29, 0.717) is 10.8 Å². The van der Waals surface area contributed by atoms with Crippen molar-refractivity contribution in [3.05, 3.63) is 60.2 Å². The second kappa shape index (κ2) is 6.83. The highest BCUT2D eigenvalue weighted by atomic mass is 33.1. The van der Waals surface area contributed by atoms with Crippen molar-refractivity contribution in [2.24, 2.45) is 0 Å². The quantitative estimate of drug-likeness (QED) is 0.557. The summed E-state index contributed by atoms with van der Waals surface area (Å²) in [4.78, 5) is 13.0. The van der Waals surface area contributed by atoms with Crippen LogP contribution >= 0.6 is 10.8 Å². The molecule has 0 heterocycles. The van der Waals surface area contributed by atoms with Crippen molar-refractivity contribution in [1.82, 2.24) is 5.32 Å². The smallest absolute Gasteiger partial charge is 0.252 e. The number of carbonyl (C=O) groups is 1. The molecule has 0 aliphatic carbocycles. The zero-order valence-corrected chi connectivity index (χ0v) is 14.4. The molecule has 0 aliphatic heterocycles. The van der Waals surface area contributed by atoms with Crippen LogP contribution in [0.4, 0.5) is 0 Å². The minimum Gasteiger partial charge on any atom is -0.351 e. The monoisotopic (exact) mass is 363 g/mol. The second-order valence-corrected chi connectivity index (χ2v) is 9.26. The van der Waals surface area contributed by atoms with Crippen LogP contribution < -0.4 is 5.32 Å². The minimum atomic E-state index is -3.88. The molecule has 1 N–H and O–H groups in total. The molecule has 0 bridgehead atoms. The third-order valence-corrected chi connectivity index (χ3v) is 5.06. The Morgan fingerprint density at radius 2 is 1.62 bits per heavy atom. The molecule has 0 aromatic heterocycles. The molecule has 3 aromatic rings. The van der Waals surface area contributed by atoms with Crippen molar-refractivity contribution in [3.8, 4) is 0 Å². The van der Waals surface area contributed by atoms with Gasteiger partial charge in [0, 0.05) is 21.2 Å². The molecule has 0 radical (unpaired) electrons. The summed E-state index contributed by atoms with van der Waals surface area (Å²) >= 11 is 0. The van der Waals surface area contributed by atoms with Gasteiger partial charge in [-0.15, -0.1) is 0 Å². The highest BCUT2D eigenvalue weighted by Gasteiger charge is 2.14. The number of hydrogen-bond donors (Lipinski definition) is 1. The van der Waals surface area contributed by atoms with Crippen molar-refractivity contribution in [3.63, 3.8) is 0 Å². The fourth-order valence-corrected chi connectivity index (χ4v) is 3.32. The summed E-state index contributed by atoms with van der Waals surface area (Å²) in [6.07, 6.45) is 0.783. The molecular formula is C18H17NO3S2. The Kier molecular flexibility index (Phi) is 3.51. The number of carbonyl (C=O) groups excluding carboxylic acids is 1. The van der Waals surface area contributed by atoms with Gasteiger partial charge in [0.05, 0.1) is 8.30 Å². The first-order chi connectivity index (χ1) is 12.9. The van der Waals surface area contributed by atoms with E-state index in [4.69, 9.17) is 5.48 Å². The predicted octanol–water partition coefficient (Wildman–Crippen LogP) is 3.42. The zero-order valence-electron chi connectivity index (χ0n) is 16.7. The normalized spacial score (nSPS) is 15.4. The van der Waals surface area contributed by atoms with Crippen molar-refractivity contribution in [2.45, 2.75) is 0 Å². The Morgan fingerprint density at radius 3 is 2.17 bits per heavy atom. The van der Waals surface area contributed by atoms with Crippen LogP contribution in [0.25, 0.3) is 21.5 Å². The Hall–Kier alpha value is -2.05. The maximum atomic E-state index is 13.0. The topological polar surface area (TPSA) is 63.2 Å². The number of nitrogens with one attached hydrogen (secondary N) is 1. The molecule has 0 saturated carbocycles. The molecule has 0 spiro atoms. The lowest BCUT2D eigenvalue weighted by Crippen LogP contribution is -2.26. The van der Waals surface area contributed by atoms with Gasteiger partial charge in [0.15, 0.2) is 8.87 Å². The van der Waals surface area contributed by atoms with E-state index in [0.717, 1.165) is 17.0 Å². The Morgan fingerprint density at radius 1 is 1.08 bits per heavy atom. The van der Waals surface area contributed by atoms with E-state index in [-0.39, 0.29) is 16.4 Å². The van der Waals surface area contributed by atoms with Gasteiger partial charge < -0.3 is 5.32 Å². The summed E-state index contributed by atoms with van der Waals surface area (Å²) < 4.78 is 54.5. The first kappa shape index (κ1) is 12.3. The van der Waals surface area contributed by atoms with Crippen LogP contribution in [0, 0.1) is 0 Å². The summed E-state index contributed by atoms with van der Waals surface area (Å²) in [6.45, 7) is -2.93. The summed E-state index contributed by atoms with van der Waals surface area (Å²) in [6, 6.07) is 16.2. The molecule has 0 saturated heterocycles. The van der Waals surface area contributed by atoms with E-state index in [1.165, 1.54) is 0 Å². The molecule has 3 aromatic carbocycles. The fraction of sp³-hybridized carbons (Fsp3) is 0.167. The standard InChI is InChI=1S/C18H17NO3S2/c1-24(21,22)23-11-10-19-18(20)17-15-8-4-2-6-13(15)12-14-7-3-5-9-16(14)17/h2-9,12H,10-11H2,1H3,(H,19,20)/i10D2,11D2. The van der Waals surface area contributed by atoms with Crippen molar-refractivity contribution in [2.75, 3.05) is 18.5 Å². The van der Waals surface area contributed by atoms with Gasteiger partial charge in [-0.3, -0.25) is 4.79 Å². The zero-order chi connectivity index (χ0) is 20.7. The van der Waals surface area contributed by atoms with Gasteiger partial charge >= 0.3 is 0 Å². The van der Waals surface area contributed by atoms with E-state index in [9.17, 15) is 13.2 Å². The number of fused-ring (bicyclic) bond motifs is 2. The molecule has 0 unspecified atom stereocenters. The van der Waals surface area contributed by atoms with Crippen LogP contribution in [0.5, 0.6) is 0 Å². The first-order valence-corrected chi connectivity index (χ1v) is 10.3. The maximum Gasteiger partial charge on any atom is 0.252 e. The van der Waals surface area contributed by atoms with Gasteiger partial charge in [-0.25, -0.2) is 8.42 Å². The Labute approximate surface area is 150 Å². The van der Waals surface area contributed by atoms with Crippen molar-refractivity contribution in [1.29, 1.82) is 0 Å². The summed E-state index contributed by atoms with van der Waals surface area (Å²) in [5.74, 6) is -0.823. The SMILES string of the molecule is [2H]C([2H])(NC(=O)c1c2ccccc2cc2ccccc12)C([2H])([2H])SS(C)(=O)=O. The molecule has 4 nitrogen and oxygen atoms in total. The summed E-state index contributed by atoms with van der Waals surface area (Å²) in [5, 5.41) is 4.79. The van der Waals surface area contributed by atoms with Gasteiger partial charge in [-0.1, -0.05) is 48.5 Å². The van der Waals surface area contributed by atoms with Crippen LogP contribution in [-0.4, -0.2) is 32.8 Å². The second-order valence-electron chi connectivity index (χ2n) is 5.16. The molecule has 3 rings (SSSR count). The summed E-state index contributed by atoms with van der Waals surface area (Å²) in [7, 11) is -4.06. The van der Waals surface area contributed by atoms with Crippen LogP contribution in [0.15, 0.2) is 54.6 Å². The molecular weight excluding hydrogens is 342 g/mol. The lowest BCUT2D eigenvalue weighted by atomic mass is 9.96. The molecule has 6 heteroatoms. The van der Waals surface area contributed by atoms with E-state index in [1.807, 2.05) is 30.3 Å². The average molecular weight is 363 g/mol. The highest BCUT2D eigenvalue weighted by molar-refractivity contribution is 8.71. The molecule has 0 aliphatic rings. The van der Waals surface area contributed by atoms with Crippen LogP contribution in [0.2, 0.25) is 0 Å². The third kappa shape index (κ3) is 3.71. The molecule has 0 atom stereocenters. The molecule has 0 fully saturated rings. The van der Waals surface area contributed by atoms with Crippen LogP contribution in [0.3, 0.4) is 0 Å². The average Bonchev–Trinajstić information content (AvgIpc) is 2.56. The predicted molar refractivity (Wildman–Crippen MR) is 101 cm³/mol. The third-order valence-electron chi connectivity index (χ3n) is 3.42. The number of rotatable bonds is 5. The fourth-order valence-electron chi connectivity index (χ4n) is 2.50. The highest BCUT2D eigenvalue weighted by Crippen LogP contribution is 2.28.